The van der Waals surface area contributed by atoms with E-state index in [1.807, 2.05) is 5.01 Å². The SMILES string of the molecule is Cc1ccc(C2CCCN2N)c(C)c1. The van der Waals surface area contributed by atoms with Crippen molar-refractivity contribution in [1.29, 1.82) is 0 Å². The average molecular weight is 190 g/mol. The summed E-state index contributed by atoms with van der Waals surface area (Å²) in [6.45, 7) is 5.33. The maximum absolute atomic E-state index is 5.95. The zero-order valence-electron chi connectivity index (χ0n) is 8.96. The number of hydrogen-bond donors (Lipinski definition) is 1. The van der Waals surface area contributed by atoms with Crippen molar-refractivity contribution in [2.75, 3.05) is 6.54 Å². The molecule has 1 heterocycles. The number of nitrogens with zero attached hydrogens (tertiary/aromatic N) is 1. The zero-order chi connectivity index (χ0) is 10.1. The van der Waals surface area contributed by atoms with Crippen molar-refractivity contribution in [2.24, 2.45) is 5.84 Å². The van der Waals surface area contributed by atoms with Gasteiger partial charge in [0.25, 0.3) is 0 Å². The van der Waals surface area contributed by atoms with E-state index < -0.39 is 0 Å². The van der Waals surface area contributed by atoms with Crippen LogP contribution in [0.1, 0.15) is 35.6 Å². The van der Waals surface area contributed by atoms with Crippen LogP contribution >= 0.6 is 0 Å². The van der Waals surface area contributed by atoms with Gasteiger partial charge >= 0.3 is 0 Å². The Hall–Kier alpha value is -0.860. The van der Waals surface area contributed by atoms with Crippen LogP contribution in [-0.2, 0) is 0 Å². The van der Waals surface area contributed by atoms with E-state index in [-0.39, 0.29) is 0 Å². The molecule has 0 radical (unpaired) electrons. The number of benzene rings is 1. The van der Waals surface area contributed by atoms with Gasteiger partial charge in [-0.2, -0.15) is 0 Å². The fourth-order valence-electron chi connectivity index (χ4n) is 2.32. The lowest BCUT2D eigenvalue weighted by Gasteiger charge is -2.21. The Morgan fingerprint density at radius 1 is 1.36 bits per heavy atom. The molecule has 1 aliphatic rings. The summed E-state index contributed by atoms with van der Waals surface area (Å²) in [6.07, 6.45) is 2.41. The molecule has 1 aromatic carbocycles. The molecule has 0 amide bonds. The first-order valence-corrected chi connectivity index (χ1v) is 5.27. The number of nitrogens with two attached hydrogens (primary N) is 1. The molecule has 1 saturated heterocycles. The molecular weight excluding hydrogens is 172 g/mol. The second kappa shape index (κ2) is 3.71. The van der Waals surface area contributed by atoms with Crippen LogP contribution in [0.3, 0.4) is 0 Å². The van der Waals surface area contributed by atoms with Crippen molar-refractivity contribution < 1.29 is 0 Å². The third-order valence-electron chi connectivity index (χ3n) is 3.08. The second-order valence-electron chi connectivity index (χ2n) is 4.26. The summed E-state index contributed by atoms with van der Waals surface area (Å²) in [4.78, 5) is 0. The highest BCUT2D eigenvalue weighted by molar-refractivity contribution is 5.33. The normalized spacial score (nSPS) is 22.9. The van der Waals surface area contributed by atoms with Crippen LogP contribution in [0.2, 0.25) is 0 Å². The monoisotopic (exact) mass is 190 g/mol. The van der Waals surface area contributed by atoms with E-state index >= 15 is 0 Å². The topological polar surface area (TPSA) is 29.3 Å². The molecule has 2 rings (SSSR count). The Balaban J connectivity index is 2.31. The first-order chi connectivity index (χ1) is 6.68. The quantitative estimate of drug-likeness (QED) is 0.689. The molecule has 1 aliphatic heterocycles. The molecule has 14 heavy (non-hydrogen) atoms. The summed E-state index contributed by atoms with van der Waals surface area (Å²) in [5.41, 5.74) is 4.09. The van der Waals surface area contributed by atoms with Gasteiger partial charge < -0.3 is 0 Å². The van der Waals surface area contributed by atoms with Gasteiger partial charge in [-0.25, -0.2) is 5.01 Å². The third-order valence-corrected chi connectivity index (χ3v) is 3.08. The molecule has 0 saturated carbocycles. The molecule has 1 fully saturated rings. The molecule has 0 aliphatic carbocycles. The van der Waals surface area contributed by atoms with Crippen LogP contribution in [0.5, 0.6) is 0 Å². The molecule has 0 aromatic heterocycles. The van der Waals surface area contributed by atoms with Crippen LogP contribution in [0, 0.1) is 13.8 Å². The Labute approximate surface area is 85.7 Å². The van der Waals surface area contributed by atoms with E-state index in [9.17, 15) is 0 Å². The lowest BCUT2D eigenvalue weighted by Crippen LogP contribution is -2.30. The van der Waals surface area contributed by atoms with Crippen LogP contribution in [0.15, 0.2) is 18.2 Å². The van der Waals surface area contributed by atoms with E-state index in [4.69, 9.17) is 5.84 Å². The third kappa shape index (κ3) is 1.68. The van der Waals surface area contributed by atoms with E-state index in [1.165, 1.54) is 29.5 Å². The van der Waals surface area contributed by atoms with Crippen LogP contribution in [0.25, 0.3) is 0 Å². The highest BCUT2D eigenvalue weighted by atomic mass is 15.4. The van der Waals surface area contributed by atoms with Gasteiger partial charge in [0.1, 0.15) is 0 Å². The standard InChI is InChI=1S/C12H18N2/c1-9-5-6-11(10(2)8-9)12-4-3-7-14(12)13/h5-6,8,12H,3-4,7,13H2,1-2H3. The lowest BCUT2D eigenvalue weighted by molar-refractivity contribution is 0.265. The fraction of sp³-hybridized carbons (Fsp3) is 0.500. The highest BCUT2D eigenvalue weighted by Gasteiger charge is 2.24. The average Bonchev–Trinajstić information content (AvgIpc) is 2.52. The minimum absolute atomic E-state index is 0.440. The highest BCUT2D eigenvalue weighted by Crippen LogP contribution is 2.31. The van der Waals surface area contributed by atoms with Gasteiger partial charge in [0.15, 0.2) is 0 Å². The Morgan fingerprint density at radius 3 is 2.71 bits per heavy atom. The van der Waals surface area contributed by atoms with E-state index in [1.54, 1.807) is 0 Å². The molecule has 1 atom stereocenters. The Morgan fingerprint density at radius 2 is 2.14 bits per heavy atom. The summed E-state index contributed by atoms with van der Waals surface area (Å²) in [6, 6.07) is 7.08. The summed E-state index contributed by atoms with van der Waals surface area (Å²) in [7, 11) is 0. The maximum atomic E-state index is 5.95. The van der Waals surface area contributed by atoms with E-state index in [2.05, 4.69) is 32.0 Å². The smallest absolute Gasteiger partial charge is 0.0493 e. The van der Waals surface area contributed by atoms with Gasteiger partial charge in [0.2, 0.25) is 0 Å². The van der Waals surface area contributed by atoms with Gasteiger partial charge in [-0.05, 0) is 37.8 Å². The van der Waals surface area contributed by atoms with Crippen molar-refractivity contribution >= 4 is 0 Å². The van der Waals surface area contributed by atoms with Crippen molar-refractivity contribution in [3.63, 3.8) is 0 Å². The molecule has 1 unspecified atom stereocenters. The van der Waals surface area contributed by atoms with Gasteiger partial charge in [-0.15, -0.1) is 0 Å². The first kappa shape index (κ1) is 9.69. The molecular formula is C12H18N2. The van der Waals surface area contributed by atoms with Crippen LogP contribution in [-0.4, -0.2) is 11.6 Å². The maximum Gasteiger partial charge on any atom is 0.0493 e. The predicted octanol–water partition coefficient (Wildman–Crippen LogP) is 2.31. The largest absolute Gasteiger partial charge is 0.268 e. The molecule has 0 spiro atoms. The van der Waals surface area contributed by atoms with E-state index in [0.29, 0.717) is 6.04 Å². The lowest BCUT2D eigenvalue weighted by atomic mass is 9.98. The van der Waals surface area contributed by atoms with Gasteiger partial charge in [-0.3, -0.25) is 5.84 Å². The minimum atomic E-state index is 0.440. The Kier molecular flexibility index (Phi) is 2.57. The van der Waals surface area contributed by atoms with Crippen LogP contribution in [0.4, 0.5) is 0 Å². The second-order valence-corrected chi connectivity index (χ2v) is 4.26. The summed E-state index contributed by atoms with van der Waals surface area (Å²) < 4.78 is 0. The summed E-state index contributed by atoms with van der Waals surface area (Å²) in [5.74, 6) is 5.95. The van der Waals surface area contributed by atoms with Crippen molar-refractivity contribution in [1.82, 2.24) is 5.01 Å². The molecule has 0 bridgehead atoms. The van der Waals surface area contributed by atoms with Crippen molar-refractivity contribution in [2.45, 2.75) is 32.7 Å². The summed E-state index contributed by atoms with van der Waals surface area (Å²) >= 11 is 0. The molecule has 1 aromatic rings. The summed E-state index contributed by atoms with van der Waals surface area (Å²) in [5, 5.41) is 1.97. The number of hydrazine groups is 1. The molecule has 76 valence electrons. The fourth-order valence-corrected chi connectivity index (χ4v) is 2.32. The Bertz CT molecular complexity index is 333. The molecule has 2 heteroatoms. The number of aryl methyl sites for hydroxylation is 2. The van der Waals surface area contributed by atoms with Gasteiger partial charge in [0.05, 0.1) is 0 Å². The predicted molar refractivity (Wildman–Crippen MR) is 58.8 cm³/mol. The molecule has 2 nitrogen and oxygen atoms in total. The zero-order valence-corrected chi connectivity index (χ0v) is 8.96. The van der Waals surface area contributed by atoms with E-state index in [0.717, 1.165) is 6.54 Å². The van der Waals surface area contributed by atoms with Gasteiger partial charge in [0, 0.05) is 12.6 Å². The van der Waals surface area contributed by atoms with Crippen molar-refractivity contribution in [3.05, 3.63) is 34.9 Å². The van der Waals surface area contributed by atoms with Gasteiger partial charge in [-0.1, -0.05) is 23.8 Å². The minimum Gasteiger partial charge on any atom is -0.268 e. The molecule has 2 N–H and O–H groups in total. The van der Waals surface area contributed by atoms with Crippen molar-refractivity contribution in [3.8, 4) is 0 Å². The first-order valence-electron chi connectivity index (χ1n) is 5.27. The number of rotatable bonds is 1. The number of hydrogen-bond acceptors (Lipinski definition) is 2. The van der Waals surface area contributed by atoms with Crippen LogP contribution < -0.4 is 5.84 Å².